The van der Waals surface area contributed by atoms with Crippen molar-refractivity contribution in [3.05, 3.63) is 41.8 Å². The molecule has 0 fully saturated rings. The Morgan fingerprint density at radius 3 is 3.00 bits per heavy atom. The Hall–Kier alpha value is -1.79. The van der Waals surface area contributed by atoms with Gasteiger partial charge in [0, 0.05) is 10.1 Å². The summed E-state index contributed by atoms with van der Waals surface area (Å²) < 4.78 is 6.58. The van der Waals surface area contributed by atoms with Crippen LogP contribution in [-0.2, 0) is 0 Å². The SMILES string of the molecule is C=CCOc1c(C#N)sc2ccccc12. The van der Waals surface area contributed by atoms with Gasteiger partial charge < -0.3 is 4.74 Å². The Balaban J connectivity index is 2.57. The molecule has 0 aliphatic rings. The Morgan fingerprint density at radius 1 is 1.47 bits per heavy atom. The van der Waals surface area contributed by atoms with Crippen molar-refractivity contribution in [2.75, 3.05) is 6.61 Å². The lowest BCUT2D eigenvalue weighted by Gasteiger charge is -2.01. The molecule has 1 aromatic carbocycles. The number of nitrogens with zero attached hydrogens (tertiary/aromatic N) is 1. The number of ether oxygens (including phenoxy) is 1. The van der Waals surface area contributed by atoms with E-state index in [0.717, 1.165) is 10.1 Å². The summed E-state index contributed by atoms with van der Waals surface area (Å²) in [5.41, 5.74) is 0. The molecule has 2 aromatic rings. The van der Waals surface area contributed by atoms with Crippen molar-refractivity contribution in [3.8, 4) is 11.8 Å². The third kappa shape index (κ3) is 1.72. The zero-order valence-electron chi connectivity index (χ0n) is 8.06. The van der Waals surface area contributed by atoms with Crippen molar-refractivity contribution < 1.29 is 4.74 Å². The lowest BCUT2D eigenvalue weighted by atomic mass is 10.2. The van der Waals surface area contributed by atoms with E-state index in [1.165, 1.54) is 11.3 Å². The molecular formula is C12H9NOS. The number of fused-ring (bicyclic) bond motifs is 1. The van der Waals surface area contributed by atoms with Gasteiger partial charge in [0.25, 0.3) is 0 Å². The van der Waals surface area contributed by atoms with E-state index in [4.69, 9.17) is 10.00 Å². The number of benzene rings is 1. The zero-order chi connectivity index (χ0) is 10.7. The van der Waals surface area contributed by atoms with Crippen LogP contribution in [0, 0.1) is 11.3 Å². The van der Waals surface area contributed by atoms with Gasteiger partial charge in [-0.1, -0.05) is 24.8 Å². The van der Waals surface area contributed by atoms with Crippen LogP contribution in [0.3, 0.4) is 0 Å². The minimum atomic E-state index is 0.426. The van der Waals surface area contributed by atoms with Gasteiger partial charge in [0.2, 0.25) is 0 Å². The van der Waals surface area contributed by atoms with E-state index in [2.05, 4.69) is 12.6 Å². The van der Waals surface area contributed by atoms with Crippen LogP contribution in [0.4, 0.5) is 0 Å². The second-order valence-corrected chi connectivity index (χ2v) is 4.02. The van der Waals surface area contributed by atoms with Crippen LogP contribution < -0.4 is 4.74 Å². The number of nitriles is 1. The minimum absolute atomic E-state index is 0.426. The number of rotatable bonds is 3. The van der Waals surface area contributed by atoms with Crippen molar-refractivity contribution in [1.29, 1.82) is 5.26 Å². The highest BCUT2D eigenvalue weighted by Crippen LogP contribution is 2.36. The molecule has 3 heteroatoms. The topological polar surface area (TPSA) is 33.0 Å². The average Bonchev–Trinajstić information content (AvgIpc) is 2.64. The van der Waals surface area contributed by atoms with E-state index in [0.29, 0.717) is 17.2 Å². The first-order valence-electron chi connectivity index (χ1n) is 4.52. The molecule has 0 unspecified atom stereocenters. The predicted molar refractivity (Wildman–Crippen MR) is 62.2 cm³/mol. The maximum Gasteiger partial charge on any atom is 0.156 e. The lowest BCUT2D eigenvalue weighted by Crippen LogP contribution is -1.92. The van der Waals surface area contributed by atoms with Gasteiger partial charge in [-0.3, -0.25) is 0 Å². The fourth-order valence-electron chi connectivity index (χ4n) is 1.38. The van der Waals surface area contributed by atoms with Crippen LogP contribution >= 0.6 is 11.3 Å². The third-order valence-electron chi connectivity index (χ3n) is 2.00. The van der Waals surface area contributed by atoms with Crippen LogP contribution in [-0.4, -0.2) is 6.61 Å². The first kappa shape index (κ1) is 9.75. The smallest absolute Gasteiger partial charge is 0.156 e. The third-order valence-corrected chi connectivity index (χ3v) is 3.05. The fraction of sp³-hybridized carbons (Fsp3) is 0.0833. The first-order chi connectivity index (χ1) is 7.36. The number of hydrogen-bond donors (Lipinski definition) is 0. The lowest BCUT2D eigenvalue weighted by molar-refractivity contribution is 0.368. The van der Waals surface area contributed by atoms with Crippen LogP contribution in [0.1, 0.15) is 4.88 Å². The van der Waals surface area contributed by atoms with Crippen LogP contribution in [0.25, 0.3) is 10.1 Å². The van der Waals surface area contributed by atoms with Gasteiger partial charge in [0.15, 0.2) is 5.75 Å². The molecule has 0 spiro atoms. The van der Waals surface area contributed by atoms with Gasteiger partial charge in [0.1, 0.15) is 17.6 Å². The molecular weight excluding hydrogens is 206 g/mol. The summed E-state index contributed by atoms with van der Waals surface area (Å²) in [6.07, 6.45) is 1.67. The predicted octanol–water partition coefficient (Wildman–Crippen LogP) is 3.34. The summed E-state index contributed by atoms with van der Waals surface area (Å²) in [6.45, 7) is 4.02. The maximum absolute atomic E-state index is 8.97. The van der Waals surface area contributed by atoms with Gasteiger partial charge in [0.05, 0.1) is 0 Å². The van der Waals surface area contributed by atoms with Crippen molar-refractivity contribution in [2.24, 2.45) is 0 Å². The summed E-state index contributed by atoms with van der Waals surface area (Å²) in [4.78, 5) is 0.623. The Kier molecular flexibility index (Phi) is 2.70. The zero-order valence-corrected chi connectivity index (χ0v) is 8.88. The second-order valence-electron chi connectivity index (χ2n) is 2.97. The molecule has 0 amide bonds. The molecule has 2 rings (SSSR count). The number of hydrogen-bond acceptors (Lipinski definition) is 3. The molecule has 2 nitrogen and oxygen atoms in total. The summed E-state index contributed by atoms with van der Waals surface area (Å²) in [7, 11) is 0. The minimum Gasteiger partial charge on any atom is -0.487 e. The van der Waals surface area contributed by atoms with Crippen LogP contribution in [0.15, 0.2) is 36.9 Å². The Labute approximate surface area is 92.0 Å². The van der Waals surface area contributed by atoms with Crippen molar-refractivity contribution in [2.45, 2.75) is 0 Å². The first-order valence-corrected chi connectivity index (χ1v) is 5.33. The van der Waals surface area contributed by atoms with Crippen molar-refractivity contribution in [1.82, 2.24) is 0 Å². The van der Waals surface area contributed by atoms with Gasteiger partial charge in [-0.25, -0.2) is 0 Å². The van der Waals surface area contributed by atoms with E-state index in [1.807, 2.05) is 24.3 Å². The molecule has 0 saturated carbocycles. The highest BCUT2D eigenvalue weighted by molar-refractivity contribution is 7.20. The second kappa shape index (κ2) is 4.16. The molecule has 74 valence electrons. The molecule has 0 N–H and O–H groups in total. The van der Waals surface area contributed by atoms with E-state index in [1.54, 1.807) is 6.08 Å². The quantitative estimate of drug-likeness (QED) is 0.736. The Bertz CT molecular complexity index is 536. The monoisotopic (exact) mass is 215 g/mol. The van der Waals surface area contributed by atoms with E-state index in [9.17, 15) is 0 Å². The standard InChI is InChI=1S/C12H9NOS/c1-2-7-14-12-9-5-3-4-6-10(9)15-11(12)8-13/h2-6H,1,7H2. The molecule has 1 aromatic heterocycles. The Morgan fingerprint density at radius 2 is 2.27 bits per heavy atom. The average molecular weight is 215 g/mol. The van der Waals surface area contributed by atoms with Crippen LogP contribution in [0.5, 0.6) is 5.75 Å². The molecule has 0 atom stereocenters. The van der Waals surface area contributed by atoms with Gasteiger partial charge in [-0.05, 0) is 12.1 Å². The van der Waals surface area contributed by atoms with Gasteiger partial charge >= 0.3 is 0 Å². The molecule has 0 saturated heterocycles. The fourth-order valence-corrected chi connectivity index (χ4v) is 2.33. The molecule has 0 aliphatic heterocycles. The van der Waals surface area contributed by atoms with Crippen molar-refractivity contribution in [3.63, 3.8) is 0 Å². The normalized spacial score (nSPS) is 9.80. The van der Waals surface area contributed by atoms with Gasteiger partial charge in [-0.2, -0.15) is 5.26 Å². The summed E-state index contributed by atoms with van der Waals surface area (Å²) in [5.74, 6) is 0.679. The molecule has 0 bridgehead atoms. The molecule has 0 aliphatic carbocycles. The molecule has 15 heavy (non-hydrogen) atoms. The summed E-state index contributed by atoms with van der Waals surface area (Å²) in [5, 5.41) is 9.97. The molecule has 1 heterocycles. The highest BCUT2D eigenvalue weighted by Gasteiger charge is 2.11. The van der Waals surface area contributed by atoms with E-state index in [-0.39, 0.29) is 0 Å². The van der Waals surface area contributed by atoms with E-state index >= 15 is 0 Å². The van der Waals surface area contributed by atoms with Crippen LogP contribution in [0.2, 0.25) is 0 Å². The largest absolute Gasteiger partial charge is 0.487 e. The number of thiophene rings is 1. The maximum atomic E-state index is 8.97. The highest BCUT2D eigenvalue weighted by atomic mass is 32.1. The molecule has 0 radical (unpaired) electrons. The van der Waals surface area contributed by atoms with Crippen molar-refractivity contribution >= 4 is 21.4 Å². The van der Waals surface area contributed by atoms with E-state index < -0.39 is 0 Å². The summed E-state index contributed by atoms with van der Waals surface area (Å²) >= 11 is 1.45. The van der Waals surface area contributed by atoms with Gasteiger partial charge in [-0.15, -0.1) is 11.3 Å². The summed E-state index contributed by atoms with van der Waals surface area (Å²) in [6, 6.07) is 10.0.